The van der Waals surface area contributed by atoms with Crippen molar-refractivity contribution in [2.24, 2.45) is 5.92 Å². The van der Waals surface area contributed by atoms with E-state index < -0.39 is 0 Å². The molecule has 108 valence electrons. The van der Waals surface area contributed by atoms with E-state index >= 15 is 0 Å². The lowest BCUT2D eigenvalue weighted by Gasteiger charge is -2.16. The van der Waals surface area contributed by atoms with Crippen LogP contribution in [0.5, 0.6) is 5.75 Å². The Kier molecular flexibility index (Phi) is 4.81. The lowest BCUT2D eigenvalue weighted by Crippen LogP contribution is -2.32. The van der Waals surface area contributed by atoms with Crippen molar-refractivity contribution in [1.82, 2.24) is 4.90 Å². The van der Waals surface area contributed by atoms with Crippen molar-refractivity contribution in [3.8, 4) is 5.75 Å². The van der Waals surface area contributed by atoms with Crippen LogP contribution in [0.2, 0.25) is 0 Å². The van der Waals surface area contributed by atoms with E-state index in [0.717, 1.165) is 12.8 Å². The first-order chi connectivity index (χ1) is 9.56. The van der Waals surface area contributed by atoms with E-state index in [-0.39, 0.29) is 11.8 Å². The molecule has 1 fully saturated rings. The summed E-state index contributed by atoms with van der Waals surface area (Å²) in [4.78, 5) is 25.9. The van der Waals surface area contributed by atoms with Crippen LogP contribution >= 0.6 is 15.9 Å². The third-order valence-electron chi connectivity index (χ3n) is 3.55. The van der Waals surface area contributed by atoms with Crippen molar-refractivity contribution in [1.29, 1.82) is 0 Å². The van der Waals surface area contributed by atoms with Crippen LogP contribution in [-0.4, -0.2) is 30.4 Å². The summed E-state index contributed by atoms with van der Waals surface area (Å²) in [5.74, 6) is 0.566. The second-order valence-electron chi connectivity index (χ2n) is 5.01. The zero-order valence-electron chi connectivity index (χ0n) is 11.7. The number of imide groups is 1. The van der Waals surface area contributed by atoms with Crippen LogP contribution in [-0.2, 0) is 4.79 Å². The summed E-state index contributed by atoms with van der Waals surface area (Å²) >= 11 is 3.36. The molecule has 0 spiro atoms. The number of hydrogen-bond acceptors (Lipinski definition) is 3. The number of likely N-dealkylation sites (tertiary alicyclic amines) is 1. The predicted molar refractivity (Wildman–Crippen MR) is 79.8 cm³/mol. The van der Waals surface area contributed by atoms with Gasteiger partial charge >= 0.3 is 0 Å². The van der Waals surface area contributed by atoms with Crippen molar-refractivity contribution in [2.45, 2.75) is 26.2 Å². The fourth-order valence-electron chi connectivity index (χ4n) is 2.52. The van der Waals surface area contributed by atoms with Crippen LogP contribution in [0.1, 0.15) is 36.5 Å². The van der Waals surface area contributed by atoms with Crippen LogP contribution in [0.3, 0.4) is 0 Å². The van der Waals surface area contributed by atoms with Gasteiger partial charge in [0.25, 0.3) is 5.91 Å². The molecule has 0 aliphatic carbocycles. The van der Waals surface area contributed by atoms with Crippen LogP contribution in [0.4, 0.5) is 0 Å². The van der Waals surface area contributed by atoms with Gasteiger partial charge in [0.15, 0.2) is 0 Å². The third-order valence-corrected chi connectivity index (χ3v) is 4.24. The maximum Gasteiger partial charge on any atom is 0.261 e. The molecule has 4 nitrogen and oxygen atoms in total. The van der Waals surface area contributed by atoms with Crippen molar-refractivity contribution in [3.05, 3.63) is 28.2 Å². The standard InChI is InChI=1S/C15H18BrNO3/c1-3-4-10-7-14(18)17(9-10)15(19)12-8-11(20-2)5-6-13(12)16/h5-6,8,10H,3-4,7,9H2,1-2H3. The molecule has 2 rings (SSSR count). The number of rotatable bonds is 4. The number of halogens is 1. The molecule has 1 aliphatic heterocycles. The van der Waals surface area contributed by atoms with Gasteiger partial charge in [-0.1, -0.05) is 13.3 Å². The molecule has 1 aromatic carbocycles. The first-order valence-corrected chi connectivity index (χ1v) is 7.54. The Hall–Kier alpha value is -1.36. The molecular formula is C15H18BrNO3. The van der Waals surface area contributed by atoms with Gasteiger partial charge in [-0.25, -0.2) is 0 Å². The topological polar surface area (TPSA) is 46.6 Å². The Morgan fingerprint density at radius 1 is 1.50 bits per heavy atom. The molecule has 5 heteroatoms. The van der Waals surface area contributed by atoms with Gasteiger partial charge in [0.05, 0.1) is 12.7 Å². The smallest absolute Gasteiger partial charge is 0.261 e. The number of ether oxygens (including phenoxy) is 1. The van der Waals surface area contributed by atoms with Crippen molar-refractivity contribution < 1.29 is 14.3 Å². The fraction of sp³-hybridized carbons (Fsp3) is 0.467. The number of nitrogens with zero attached hydrogens (tertiary/aromatic N) is 1. The summed E-state index contributed by atoms with van der Waals surface area (Å²) in [5.41, 5.74) is 0.467. The molecule has 1 aliphatic rings. The van der Waals surface area contributed by atoms with E-state index in [1.165, 1.54) is 4.90 Å². The highest BCUT2D eigenvalue weighted by atomic mass is 79.9. The number of benzene rings is 1. The van der Waals surface area contributed by atoms with Crippen molar-refractivity contribution in [2.75, 3.05) is 13.7 Å². The van der Waals surface area contributed by atoms with Gasteiger partial charge < -0.3 is 4.74 Å². The highest BCUT2D eigenvalue weighted by Gasteiger charge is 2.34. The van der Waals surface area contributed by atoms with Gasteiger partial charge in [-0.3, -0.25) is 14.5 Å². The van der Waals surface area contributed by atoms with Gasteiger partial charge in [-0.05, 0) is 46.5 Å². The van der Waals surface area contributed by atoms with Crippen molar-refractivity contribution in [3.63, 3.8) is 0 Å². The number of carbonyl (C=O) groups excluding carboxylic acids is 2. The maximum absolute atomic E-state index is 12.5. The van der Waals surface area contributed by atoms with Gasteiger partial charge in [0.2, 0.25) is 5.91 Å². The summed E-state index contributed by atoms with van der Waals surface area (Å²) in [7, 11) is 1.55. The van der Waals surface area contributed by atoms with Gasteiger partial charge in [-0.2, -0.15) is 0 Å². The number of carbonyl (C=O) groups is 2. The summed E-state index contributed by atoms with van der Waals surface area (Å²) in [6, 6.07) is 5.19. The number of hydrogen-bond donors (Lipinski definition) is 0. The van der Waals surface area contributed by atoms with Gasteiger partial charge in [0.1, 0.15) is 5.75 Å². The molecule has 1 saturated heterocycles. The summed E-state index contributed by atoms with van der Waals surface area (Å²) in [5, 5.41) is 0. The zero-order chi connectivity index (χ0) is 14.7. The lowest BCUT2D eigenvalue weighted by molar-refractivity contribution is -0.125. The highest BCUT2D eigenvalue weighted by molar-refractivity contribution is 9.10. The minimum Gasteiger partial charge on any atom is -0.497 e. The fourth-order valence-corrected chi connectivity index (χ4v) is 2.94. The lowest BCUT2D eigenvalue weighted by atomic mass is 10.0. The Balaban J connectivity index is 2.21. The molecule has 0 bridgehead atoms. The van der Waals surface area contributed by atoms with Crippen LogP contribution in [0.15, 0.2) is 22.7 Å². The summed E-state index contributed by atoms with van der Waals surface area (Å²) < 4.78 is 5.81. The molecule has 0 aromatic heterocycles. The SMILES string of the molecule is CCCC1CC(=O)N(C(=O)c2cc(OC)ccc2Br)C1. The first-order valence-electron chi connectivity index (χ1n) is 6.75. The molecule has 1 aromatic rings. The highest BCUT2D eigenvalue weighted by Crippen LogP contribution is 2.28. The molecule has 1 heterocycles. The third kappa shape index (κ3) is 3.03. The monoisotopic (exact) mass is 339 g/mol. The molecule has 2 amide bonds. The molecule has 0 saturated carbocycles. The average Bonchev–Trinajstić information content (AvgIpc) is 2.80. The number of methoxy groups -OCH3 is 1. The largest absolute Gasteiger partial charge is 0.497 e. The van der Waals surface area contributed by atoms with Gasteiger partial charge in [-0.15, -0.1) is 0 Å². The van der Waals surface area contributed by atoms with E-state index in [0.29, 0.717) is 34.7 Å². The molecular weight excluding hydrogens is 322 g/mol. The molecule has 1 atom stereocenters. The first kappa shape index (κ1) is 15.0. The molecule has 1 unspecified atom stereocenters. The van der Waals surface area contributed by atoms with E-state index in [2.05, 4.69) is 22.9 Å². The Bertz CT molecular complexity index is 530. The minimum absolute atomic E-state index is 0.0804. The summed E-state index contributed by atoms with van der Waals surface area (Å²) in [6.45, 7) is 2.61. The van der Waals surface area contributed by atoms with E-state index in [1.807, 2.05) is 0 Å². The zero-order valence-corrected chi connectivity index (χ0v) is 13.3. The van der Waals surface area contributed by atoms with E-state index in [4.69, 9.17) is 4.74 Å². The Morgan fingerprint density at radius 2 is 2.25 bits per heavy atom. The van der Waals surface area contributed by atoms with Crippen LogP contribution < -0.4 is 4.74 Å². The molecule has 0 N–H and O–H groups in total. The predicted octanol–water partition coefficient (Wildman–Crippen LogP) is 3.25. The van der Waals surface area contributed by atoms with Gasteiger partial charge in [0, 0.05) is 17.4 Å². The second kappa shape index (κ2) is 6.39. The minimum atomic E-state index is -0.251. The van der Waals surface area contributed by atoms with Crippen molar-refractivity contribution >= 4 is 27.7 Å². The second-order valence-corrected chi connectivity index (χ2v) is 5.87. The Labute approximate surface area is 127 Å². The normalized spacial score (nSPS) is 18.4. The van der Waals surface area contributed by atoms with Crippen LogP contribution in [0.25, 0.3) is 0 Å². The molecule has 20 heavy (non-hydrogen) atoms. The Morgan fingerprint density at radius 3 is 2.90 bits per heavy atom. The van der Waals surface area contributed by atoms with Crippen LogP contribution in [0, 0.1) is 5.92 Å². The molecule has 0 radical (unpaired) electrons. The summed E-state index contributed by atoms with van der Waals surface area (Å²) in [6.07, 6.45) is 2.48. The quantitative estimate of drug-likeness (QED) is 0.791. The van der Waals surface area contributed by atoms with E-state index in [1.54, 1.807) is 25.3 Å². The maximum atomic E-state index is 12.5. The van der Waals surface area contributed by atoms with E-state index in [9.17, 15) is 9.59 Å². The number of amides is 2. The average molecular weight is 340 g/mol.